The van der Waals surface area contributed by atoms with Gasteiger partial charge in [0.25, 0.3) is 0 Å². The van der Waals surface area contributed by atoms with Crippen LogP contribution in [0.15, 0.2) is 0 Å². The van der Waals surface area contributed by atoms with Crippen LogP contribution in [0.2, 0.25) is 0 Å². The van der Waals surface area contributed by atoms with E-state index in [4.69, 9.17) is 37.0 Å². The predicted octanol–water partition coefficient (Wildman–Crippen LogP) is 25.7. The van der Waals surface area contributed by atoms with Gasteiger partial charge < -0.3 is 33.8 Å². The van der Waals surface area contributed by atoms with Crippen molar-refractivity contribution in [2.45, 2.75) is 465 Å². The van der Waals surface area contributed by atoms with Gasteiger partial charge in [0.15, 0.2) is 12.2 Å². The molecule has 104 heavy (non-hydrogen) atoms. The minimum atomic E-state index is -4.96. The molecule has 0 rings (SSSR count). The van der Waals surface area contributed by atoms with Crippen LogP contribution in [0.4, 0.5) is 0 Å². The van der Waals surface area contributed by atoms with Gasteiger partial charge in [-0.05, 0) is 43.4 Å². The lowest BCUT2D eigenvalue weighted by molar-refractivity contribution is -0.161. The average molecular weight is 1520 g/mol. The molecule has 0 fully saturated rings. The van der Waals surface area contributed by atoms with Crippen LogP contribution >= 0.6 is 15.6 Å². The number of aliphatic hydroxyl groups is 1. The van der Waals surface area contributed by atoms with Gasteiger partial charge in [-0.25, -0.2) is 9.13 Å². The van der Waals surface area contributed by atoms with Gasteiger partial charge in [0.05, 0.1) is 26.4 Å². The van der Waals surface area contributed by atoms with E-state index in [-0.39, 0.29) is 25.7 Å². The monoisotopic (exact) mass is 1520 g/mol. The molecule has 0 aliphatic heterocycles. The number of phosphoric acid groups is 2. The largest absolute Gasteiger partial charge is 0.472 e. The summed E-state index contributed by atoms with van der Waals surface area (Å²) < 4.78 is 68.7. The van der Waals surface area contributed by atoms with Crippen LogP contribution in [-0.4, -0.2) is 96.7 Å². The molecule has 618 valence electrons. The van der Waals surface area contributed by atoms with E-state index in [1.54, 1.807) is 0 Å². The molecule has 0 bridgehead atoms. The number of aliphatic hydroxyl groups excluding tert-OH is 1. The molecule has 0 saturated carbocycles. The lowest BCUT2D eigenvalue weighted by Gasteiger charge is -2.21. The number of ether oxygens (including phenoxy) is 4. The zero-order valence-electron chi connectivity index (χ0n) is 68.5. The van der Waals surface area contributed by atoms with E-state index in [1.165, 1.54) is 244 Å². The van der Waals surface area contributed by atoms with Crippen molar-refractivity contribution in [1.29, 1.82) is 0 Å². The van der Waals surface area contributed by atoms with Crippen molar-refractivity contribution < 1.29 is 80.2 Å². The Morgan fingerprint density at radius 2 is 0.442 bits per heavy atom. The number of phosphoric ester groups is 2. The number of esters is 4. The molecular formula is C85H166O17P2. The number of carbonyl (C=O) groups is 4. The maximum Gasteiger partial charge on any atom is 0.472 e. The lowest BCUT2D eigenvalue weighted by atomic mass is 10.0. The van der Waals surface area contributed by atoms with Crippen molar-refractivity contribution in [3.63, 3.8) is 0 Å². The summed E-state index contributed by atoms with van der Waals surface area (Å²) >= 11 is 0. The second kappa shape index (κ2) is 75.1. The highest BCUT2D eigenvalue weighted by atomic mass is 31.2. The van der Waals surface area contributed by atoms with Gasteiger partial charge in [0.1, 0.15) is 19.3 Å². The molecule has 0 radical (unpaired) electrons. The van der Waals surface area contributed by atoms with Crippen molar-refractivity contribution in [2.75, 3.05) is 39.6 Å². The predicted molar refractivity (Wildman–Crippen MR) is 428 cm³/mol. The number of rotatable bonds is 83. The van der Waals surface area contributed by atoms with Gasteiger partial charge in [0, 0.05) is 25.7 Å². The van der Waals surface area contributed by atoms with Crippen LogP contribution in [0.1, 0.15) is 447 Å². The van der Waals surface area contributed by atoms with Gasteiger partial charge in [0.2, 0.25) is 0 Å². The molecule has 0 heterocycles. The fourth-order valence-corrected chi connectivity index (χ4v) is 14.8. The first-order chi connectivity index (χ1) is 50.2. The van der Waals surface area contributed by atoms with E-state index in [1.807, 2.05) is 0 Å². The molecule has 0 aliphatic rings. The van der Waals surface area contributed by atoms with E-state index < -0.39 is 97.5 Å². The summed E-state index contributed by atoms with van der Waals surface area (Å²) in [6.45, 7) is 12.0. The molecule has 0 aliphatic carbocycles. The summed E-state index contributed by atoms with van der Waals surface area (Å²) in [5.41, 5.74) is 0. The van der Waals surface area contributed by atoms with Crippen molar-refractivity contribution in [3.8, 4) is 0 Å². The van der Waals surface area contributed by atoms with Crippen LogP contribution in [0.3, 0.4) is 0 Å². The number of unbranched alkanes of at least 4 members (excludes halogenated alkanes) is 51. The summed E-state index contributed by atoms with van der Waals surface area (Å²) in [5.74, 6) is 0.321. The molecule has 2 unspecified atom stereocenters. The molecule has 5 atom stereocenters. The van der Waals surface area contributed by atoms with Crippen LogP contribution in [-0.2, 0) is 65.4 Å². The van der Waals surface area contributed by atoms with Gasteiger partial charge in [-0.3, -0.25) is 37.3 Å². The van der Waals surface area contributed by atoms with Gasteiger partial charge in [-0.2, -0.15) is 0 Å². The summed E-state index contributed by atoms with van der Waals surface area (Å²) in [4.78, 5) is 73.0. The Kier molecular flexibility index (Phi) is 73.7. The molecular weight excluding hydrogens is 1350 g/mol. The minimum Gasteiger partial charge on any atom is -0.462 e. The third-order valence-corrected chi connectivity index (χ3v) is 21.8. The summed E-state index contributed by atoms with van der Waals surface area (Å²) in [5, 5.41) is 10.7. The van der Waals surface area contributed by atoms with E-state index in [0.29, 0.717) is 25.7 Å². The SMILES string of the molecule is CCCCCCCCCC(=O)OC[C@H](COP(=O)(O)OC[C@H](O)COP(=O)(O)OC[C@@H](COC(=O)CCCCCCCCCCCCCCCCCCC(C)C)OC(=O)CCCCCCCCCCCCCCCCCCC(C)C)OC(=O)CCCCCCCCCCCCCCCCCCC(C)C. The topological polar surface area (TPSA) is 237 Å². The zero-order chi connectivity index (χ0) is 76.5. The van der Waals surface area contributed by atoms with Crippen LogP contribution in [0.25, 0.3) is 0 Å². The summed E-state index contributed by atoms with van der Waals surface area (Å²) in [6, 6.07) is 0. The Labute approximate surface area is 638 Å². The third kappa shape index (κ3) is 78.2. The molecule has 0 saturated heterocycles. The maximum absolute atomic E-state index is 13.1. The molecule has 0 aromatic carbocycles. The summed E-state index contributed by atoms with van der Waals surface area (Å²) in [7, 11) is -9.92. The van der Waals surface area contributed by atoms with Crippen molar-refractivity contribution >= 4 is 39.5 Å². The normalized spacial score (nSPS) is 13.9. The lowest BCUT2D eigenvalue weighted by Crippen LogP contribution is -2.30. The molecule has 0 aromatic heterocycles. The fraction of sp³-hybridized carbons (Fsp3) is 0.953. The summed E-state index contributed by atoms with van der Waals surface area (Å²) in [6.07, 6.45) is 65.4. The Hall–Kier alpha value is -1.94. The molecule has 0 spiro atoms. The Morgan fingerprint density at radius 1 is 0.260 bits per heavy atom. The molecule has 3 N–H and O–H groups in total. The highest BCUT2D eigenvalue weighted by Crippen LogP contribution is 2.45. The highest BCUT2D eigenvalue weighted by molar-refractivity contribution is 7.47. The Balaban J connectivity index is 5.16. The van der Waals surface area contributed by atoms with Crippen molar-refractivity contribution in [1.82, 2.24) is 0 Å². The highest BCUT2D eigenvalue weighted by Gasteiger charge is 2.30. The van der Waals surface area contributed by atoms with E-state index in [0.717, 1.165) is 120 Å². The first-order valence-corrected chi connectivity index (χ1v) is 46.8. The molecule has 0 aromatic rings. The van der Waals surface area contributed by atoms with E-state index in [2.05, 4.69) is 48.5 Å². The first kappa shape index (κ1) is 102. The zero-order valence-corrected chi connectivity index (χ0v) is 70.3. The second-order valence-corrected chi connectivity index (χ2v) is 34.9. The third-order valence-electron chi connectivity index (χ3n) is 19.9. The number of hydrogen-bond acceptors (Lipinski definition) is 15. The van der Waals surface area contributed by atoms with Crippen LogP contribution in [0, 0.1) is 17.8 Å². The minimum absolute atomic E-state index is 0.108. The number of carbonyl (C=O) groups excluding carboxylic acids is 4. The van der Waals surface area contributed by atoms with Gasteiger partial charge >= 0.3 is 39.5 Å². The fourth-order valence-electron chi connectivity index (χ4n) is 13.2. The van der Waals surface area contributed by atoms with Crippen LogP contribution in [0.5, 0.6) is 0 Å². The van der Waals surface area contributed by atoms with Crippen molar-refractivity contribution in [3.05, 3.63) is 0 Å². The van der Waals surface area contributed by atoms with Gasteiger partial charge in [-0.15, -0.1) is 0 Å². The van der Waals surface area contributed by atoms with E-state index in [9.17, 15) is 43.2 Å². The van der Waals surface area contributed by atoms with Gasteiger partial charge in [-0.1, -0.05) is 395 Å². The average Bonchev–Trinajstić information content (AvgIpc) is 0.905. The Morgan fingerprint density at radius 3 is 0.654 bits per heavy atom. The quantitative estimate of drug-likeness (QED) is 0.0222. The molecule has 0 amide bonds. The maximum atomic E-state index is 13.1. The first-order valence-electron chi connectivity index (χ1n) is 43.8. The molecule has 19 heteroatoms. The standard InChI is InChI=1S/C85H166O17P2/c1-8-9-10-11-42-52-59-66-82(87)95-72-80(101-84(89)68-61-54-47-40-34-28-22-16-13-19-25-31-37-44-50-57-64-77(4)5)74-99-103(91,92)97-70-79(86)71-98-104(93,94)100-75-81(102-85(90)69-62-55-48-41-35-29-23-17-14-20-26-32-38-45-51-58-65-78(6)7)73-96-83(88)67-60-53-46-39-33-27-21-15-12-18-24-30-36-43-49-56-63-76(2)3/h76-81,86H,8-75H2,1-7H3,(H,91,92)(H,93,94)/t79-,80+,81+/m0/s1. The Bertz CT molecular complexity index is 2010. The van der Waals surface area contributed by atoms with E-state index >= 15 is 0 Å². The van der Waals surface area contributed by atoms with Crippen LogP contribution < -0.4 is 0 Å². The smallest absolute Gasteiger partial charge is 0.462 e. The second-order valence-electron chi connectivity index (χ2n) is 32.0. The molecule has 17 nitrogen and oxygen atoms in total. The van der Waals surface area contributed by atoms with Crippen molar-refractivity contribution in [2.24, 2.45) is 17.8 Å². The number of hydrogen-bond donors (Lipinski definition) is 3.